The van der Waals surface area contributed by atoms with Crippen LogP contribution < -0.4 is 5.32 Å². The van der Waals surface area contributed by atoms with Crippen LogP contribution in [0.15, 0.2) is 42.5 Å². The first-order valence-electron chi connectivity index (χ1n) is 8.53. The van der Waals surface area contributed by atoms with E-state index < -0.39 is 42.2 Å². The van der Waals surface area contributed by atoms with Gasteiger partial charge < -0.3 is 15.4 Å². The van der Waals surface area contributed by atoms with E-state index in [9.17, 15) is 31.1 Å². The van der Waals surface area contributed by atoms with Crippen LogP contribution in [0.25, 0.3) is 28.2 Å². The number of carbonyl (C=O) groups is 1. The van der Waals surface area contributed by atoms with Gasteiger partial charge in [0, 0.05) is 17.0 Å². The van der Waals surface area contributed by atoms with Crippen molar-refractivity contribution >= 4 is 22.9 Å². The third kappa shape index (κ3) is 4.33. The van der Waals surface area contributed by atoms with Crippen molar-refractivity contribution in [3.63, 3.8) is 0 Å². The molecule has 3 rings (SSSR count). The van der Waals surface area contributed by atoms with E-state index in [4.69, 9.17) is 5.11 Å². The molecule has 0 aliphatic rings. The third-order valence-electron chi connectivity index (χ3n) is 4.32. The van der Waals surface area contributed by atoms with Crippen molar-refractivity contribution < 1.29 is 36.2 Å². The number of amides is 1. The fraction of sp³-hybridized carbons (Fsp3) is 0.150. The Kier molecular flexibility index (Phi) is 5.88. The van der Waals surface area contributed by atoms with Crippen LogP contribution in [-0.4, -0.2) is 34.8 Å². The average molecular weight is 428 g/mol. The number of aromatic nitrogens is 1. The normalized spacial score (nSPS) is 13.2. The molecule has 0 radical (unpaired) electrons. The fourth-order valence-corrected chi connectivity index (χ4v) is 2.88. The lowest BCUT2D eigenvalue weighted by Crippen LogP contribution is -2.47. The maximum Gasteiger partial charge on any atom is 0.410 e. The molecular formula is C20H14F6N2O2. The number of aliphatic hydroxyl groups excluding tert-OH is 1. The summed E-state index contributed by atoms with van der Waals surface area (Å²) >= 11 is 0. The molecule has 1 heterocycles. The number of nitrogens with one attached hydrogen (secondary N) is 2. The summed E-state index contributed by atoms with van der Waals surface area (Å²) in [5, 5.41) is 10.2. The van der Waals surface area contributed by atoms with E-state index in [1.165, 1.54) is 12.1 Å². The minimum Gasteiger partial charge on any atom is -0.394 e. The SMILES string of the molecule is O=C(C=Cc1c(-c2ccc(F)cc2)[nH]c2c(F)ccc(F)c12)N[C@@H](CO)C(F)(F)F. The molecule has 1 aromatic heterocycles. The maximum absolute atomic E-state index is 14.4. The van der Waals surface area contributed by atoms with Crippen LogP contribution >= 0.6 is 0 Å². The van der Waals surface area contributed by atoms with Crippen molar-refractivity contribution in [2.45, 2.75) is 12.2 Å². The molecule has 1 amide bonds. The number of halogens is 6. The number of alkyl halides is 3. The molecule has 0 saturated heterocycles. The van der Waals surface area contributed by atoms with Gasteiger partial charge in [-0.15, -0.1) is 0 Å². The topological polar surface area (TPSA) is 65.1 Å². The van der Waals surface area contributed by atoms with Gasteiger partial charge in [0.1, 0.15) is 23.5 Å². The highest BCUT2D eigenvalue weighted by Crippen LogP contribution is 2.34. The molecule has 1 atom stereocenters. The van der Waals surface area contributed by atoms with Gasteiger partial charge in [-0.3, -0.25) is 4.79 Å². The highest BCUT2D eigenvalue weighted by molar-refractivity contribution is 6.01. The third-order valence-corrected chi connectivity index (χ3v) is 4.32. The summed E-state index contributed by atoms with van der Waals surface area (Å²) in [5.74, 6) is -3.38. The van der Waals surface area contributed by atoms with Crippen molar-refractivity contribution in [2.75, 3.05) is 6.61 Å². The van der Waals surface area contributed by atoms with Crippen LogP contribution in [0.3, 0.4) is 0 Å². The standard InChI is InChI=1S/C20H14F6N2O2/c21-11-3-1-10(2-4-11)18-12(17-13(22)6-7-14(23)19(17)28-18)5-8-16(30)27-15(9-29)20(24,25)26/h1-8,15,28-29H,9H2,(H,27,30)/t15-/m0/s1. The number of hydrogen-bond acceptors (Lipinski definition) is 2. The quantitative estimate of drug-likeness (QED) is 0.419. The number of benzene rings is 2. The Bertz CT molecular complexity index is 1100. The predicted octanol–water partition coefficient (Wildman–Crippen LogP) is 4.30. The Labute approximate surface area is 165 Å². The molecular weight excluding hydrogens is 414 g/mol. The summed E-state index contributed by atoms with van der Waals surface area (Å²) in [7, 11) is 0. The molecule has 3 N–H and O–H groups in total. The summed E-state index contributed by atoms with van der Waals surface area (Å²) < 4.78 is 79.9. The summed E-state index contributed by atoms with van der Waals surface area (Å²) in [6.07, 6.45) is -3.15. The van der Waals surface area contributed by atoms with Gasteiger partial charge in [-0.1, -0.05) is 0 Å². The van der Waals surface area contributed by atoms with Crippen molar-refractivity contribution in [1.29, 1.82) is 0 Å². The number of fused-ring (bicyclic) bond motifs is 1. The summed E-state index contributed by atoms with van der Waals surface area (Å²) in [6, 6.07) is 4.16. The van der Waals surface area contributed by atoms with Gasteiger partial charge in [0.15, 0.2) is 0 Å². The monoisotopic (exact) mass is 428 g/mol. The maximum atomic E-state index is 14.4. The van der Waals surface area contributed by atoms with E-state index in [2.05, 4.69) is 4.98 Å². The van der Waals surface area contributed by atoms with Gasteiger partial charge in [-0.25, -0.2) is 13.2 Å². The number of carbonyl (C=O) groups excluding carboxylic acids is 1. The van der Waals surface area contributed by atoms with Gasteiger partial charge in [-0.05, 0) is 48.0 Å². The number of hydrogen-bond donors (Lipinski definition) is 3. The zero-order valence-corrected chi connectivity index (χ0v) is 15.0. The number of aliphatic hydroxyl groups is 1. The zero-order chi connectivity index (χ0) is 22.1. The molecule has 158 valence electrons. The van der Waals surface area contributed by atoms with Crippen LogP contribution in [0.1, 0.15) is 5.56 Å². The van der Waals surface area contributed by atoms with Crippen LogP contribution in [0.5, 0.6) is 0 Å². The van der Waals surface area contributed by atoms with E-state index in [-0.39, 0.29) is 22.2 Å². The molecule has 0 aliphatic carbocycles. The van der Waals surface area contributed by atoms with Crippen molar-refractivity contribution in [2.24, 2.45) is 0 Å². The van der Waals surface area contributed by atoms with Gasteiger partial charge >= 0.3 is 6.18 Å². The van der Waals surface area contributed by atoms with E-state index in [1.807, 2.05) is 0 Å². The zero-order valence-electron chi connectivity index (χ0n) is 15.0. The Morgan fingerprint density at radius 2 is 1.70 bits per heavy atom. The van der Waals surface area contributed by atoms with Crippen molar-refractivity contribution in [3.8, 4) is 11.3 Å². The van der Waals surface area contributed by atoms with E-state index in [0.29, 0.717) is 11.6 Å². The summed E-state index contributed by atoms with van der Waals surface area (Å²) in [5.41, 5.74) is 0.219. The molecule has 0 aliphatic heterocycles. The second-order valence-electron chi connectivity index (χ2n) is 6.32. The molecule has 3 aromatic rings. The Morgan fingerprint density at radius 1 is 1.07 bits per heavy atom. The molecule has 0 fully saturated rings. The molecule has 10 heteroatoms. The lowest BCUT2D eigenvalue weighted by molar-refractivity contribution is -0.167. The number of aromatic amines is 1. The largest absolute Gasteiger partial charge is 0.410 e. The number of rotatable bonds is 5. The molecule has 0 spiro atoms. The van der Waals surface area contributed by atoms with Gasteiger partial charge in [0.2, 0.25) is 5.91 Å². The summed E-state index contributed by atoms with van der Waals surface area (Å²) in [4.78, 5) is 14.6. The van der Waals surface area contributed by atoms with Gasteiger partial charge in [0.05, 0.1) is 17.8 Å². The number of H-pyrrole nitrogens is 1. The van der Waals surface area contributed by atoms with Gasteiger partial charge in [0.25, 0.3) is 0 Å². The van der Waals surface area contributed by atoms with Crippen molar-refractivity contribution in [1.82, 2.24) is 10.3 Å². The van der Waals surface area contributed by atoms with Crippen LogP contribution in [0, 0.1) is 17.5 Å². The molecule has 4 nitrogen and oxygen atoms in total. The molecule has 0 unspecified atom stereocenters. The second kappa shape index (κ2) is 8.23. The summed E-state index contributed by atoms with van der Waals surface area (Å²) in [6.45, 7) is -1.36. The highest BCUT2D eigenvalue weighted by Gasteiger charge is 2.39. The molecule has 30 heavy (non-hydrogen) atoms. The lowest BCUT2D eigenvalue weighted by atomic mass is 10.0. The van der Waals surface area contributed by atoms with Crippen molar-refractivity contribution in [3.05, 3.63) is 65.5 Å². The van der Waals surface area contributed by atoms with Crippen LogP contribution in [-0.2, 0) is 4.79 Å². The Morgan fingerprint density at radius 3 is 2.30 bits per heavy atom. The van der Waals surface area contributed by atoms with Gasteiger partial charge in [-0.2, -0.15) is 13.2 Å². The Hall–Kier alpha value is -3.27. The second-order valence-corrected chi connectivity index (χ2v) is 6.32. The predicted molar refractivity (Wildman–Crippen MR) is 97.7 cm³/mol. The highest BCUT2D eigenvalue weighted by atomic mass is 19.4. The minimum absolute atomic E-state index is 0.0173. The smallest absolute Gasteiger partial charge is 0.394 e. The molecule has 0 bridgehead atoms. The first-order valence-corrected chi connectivity index (χ1v) is 8.53. The first-order chi connectivity index (χ1) is 14.1. The van der Waals surface area contributed by atoms with E-state index in [1.54, 1.807) is 5.32 Å². The van der Waals surface area contributed by atoms with Crippen LogP contribution in [0.2, 0.25) is 0 Å². The fourth-order valence-electron chi connectivity index (χ4n) is 2.88. The first kappa shape index (κ1) is 21.4. The minimum atomic E-state index is -4.87. The molecule has 0 saturated carbocycles. The molecule has 2 aromatic carbocycles. The lowest BCUT2D eigenvalue weighted by Gasteiger charge is -2.18. The van der Waals surface area contributed by atoms with Crippen LogP contribution in [0.4, 0.5) is 26.3 Å². The average Bonchev–Trinajstić information content (AvgIpc) is 3.08. The van der Waals surface area contributed by atoms with E-state index >= 15 is 0 Å². The van der Waals surface area contributed by atoms with E-state index in [0.717, 1.165) is 30.3 Å². The Balaban J connectivity index is 2.06.